The third-order valence-electron chi connectivity index (χ3n) is 4.76. The van der Waals surface area contributed by atoms with E-state index in [9.17, 15) is 0 Å². The van der Waals surface area contributed by atoms with Crippen LogP contribution in [0, 0.1) is 23.7 Å². The summed E-state index contributed by atoms with van der Waals surface area (Å²) in [5.41, 5.74) is 2.92. The van der Waals surface area contributed by atoms with Crippen LogP contribution in [0.3, 0.4) is 0 Å². The number of rotatable bonds is 8. The molecule has 32 heavy (non-hydrogen) atoms. The first kappa shape index (κ1) is 25.9. The Kier molecular flexibility index (Phi) is 10.2. The van der Waals surface area contributed by atoms with Gasteiger partial charge in [0.1, 0.15) is 0 Å². The molecule has 0 aliphatic rings. The Labute approximate surface area is 193 Å². The molecular weight excluding hydrogens is 400 g/mol. The average molecular weight is 437 g/mol. The highest BCUT2D eigenvalue weighted by molar-refractivity contribution is 5.94. The van der Waals surface area contributed by atoms with Gasteiger partial charge in [-0.1, -0.05) is 56.9 Å². The Morgan fingerprint density at radius 2 is 1.19 bits per heavy atom. The highest BCUT2D eigenvalue weighted by Crippen LogP contribution is 2.33. The molecule has 0 aliphatic carbocycles. The number of fused-ring (bicyclic) bond motifs is 1. The lowest BCUT2D eigenvalue weighted by Gasteiger charge is -2.23. The molecule has 0 saturated carbocycles. The van der Waals surface area contributed by atoms with E-state index in [0.717, 1.165) is 27.5 Å². The van der Waals surface area contributed by atoms with Gasteiger partial charge < -0.3 is 18.9 Å². The van der Waals surface area contributed by atoms with Crippen LogP contribution >= 0.6 is 0 Å². The molecule has 0 atom stereocenters. The van der Waals surface area contributed by atoms with Crippen molar-refractivity contribution in [2.24, 2.45) is 0 Å². The molecule has 0 aliphatic heterocycles. The van der Waals surface area contributed by atoms with Crippen molar-refractivity contribution in [1.29, 1.82) is 0 Å². The zero-order chi connectivity index (χ0) is 23.6. The molecule has 2 rings (SSSR count). The third-order valence-corrected chi connectivity index (χ3v) is 4.76. The summed E-state index contributed by atoms with van der Waals surface area (Å²) in [7, 11) is 0. The molecule has 172 valence electrons. The van der Waals surface area contributed by atoms with Gasteiger partial charge in [0.15, 0.2) is 0 Å². The fraction of sp³-hybridized carbons (Fsp3) is 0.500. The summed E-state index contributed by atoms with van der Waals surface area (Å²) in [6.45, 7) is 16.5. The van der Waals surface area contributed by atoms with Gasteiger partial charge in [0.05, 0.1) is 0 Å². The molecule has 0 bridgehead atoms. The van der Waals surface area contributed by atoms with Crippen molar-refractivity contribution in [2.75, 3.05) is 26.4 Å². The predicted molar refractivity (Wildman–Crippen MR) is 130 cm³/mol. The van der Waals surface area contributed by atoms with Gasteiger partial charge >= 0.3 is 0 Å². The minimum atomic E-state index is -0.547. The first-order chi connectivity index (χ1) is 15.3. The second-order valence-electron chi connectivity index (χ2n) is 8.17. The van der Waals surface area contributed by atoms with E-state index in [2.05, 4.69) is 62.7 Å². The van der Waals surface area contributed by atoms with Gasteiger partial charge in [0, 0.05) is 37.6 Å². The standard InChI is InChI=1S/C28H36O4/c1-8-29-26(30-9-2)18-16-21-20-25(28(5,6)7)24(23-15-13-12-14-22(21)23)17-19-27(31-10-3)32-11-4/h12-15,20,26-27H,8-11H2,1-7H3. The first-order valence-electron chi connectivity index (χ1n) is 11.4. The van der Waals surface area contributed by atoms with E-state index in [1.165, 1.54) is 0 Å². The van der Waals surface area contributed by atoms with Gasteiger partial charge in [-0.15, -0.1) is 0 Å². The van der Waals surface area contributed by atoms with Gasteiger partial charge in [-0.2, -0.15) is 0 Å². The molecule has 0 amide bonds. The molecule has 0 aromatic heterocycles. The van der Waals surface area contributed by atoms with Crippen molar-refractivity contribution < 1.29 is 18.9 Å². The fourth-order valence-corrected chi connectivity index (χ4v) is 3.34. The van der Waals surface area contributed by atoms with Crippen molar-refractivity contribution in [3.05, 3.63) is 47.0 Å². The summed E-state index contributed by atoms with van der Waals surface area (Å²) in [6, 6.07) is 10.4. The molecule has 0 fully saturated rings. The smallest absolute Gasteiger partial charge is 0.222 e. The largest absolute Gasteiger partial charge is 0.342 e. The zero-order valence-electron chi connectivity index (χ0n) is 20.5. The Hall–Kier alpha value is -2.34. The number of hydrogen-bond donors (Lipinski definition) is 0. The summed E-state index contributed by atoms with van der Waals surface area (Å²) < 4.78 is 22.5. The average Bonchev–Trinajstić information content (AvgIpc) is 2.75. The van der Waals surface area contributed by atoms with E-state index in [0.29, 0.717) is 26.4 Å². The molecular formula is C28H36O4. The van der Waals surface area contributed by atoms with Crippen molar-refractivity contribution in [1.82, 2.24) is 0 Å². The molecule has 4 nitrogen and oxygen atoms in total. The maximum absolute atomic E-state index is 5.63. The van der Waals surface area contributed by atoms with Crippen molar-refractivity contribution >= 4 is 10.8 Å². The van der Waals surface area contributed by atoms with Gasteiger partial charge in [-0.25, -0.2) is 0 Å². The minimum absolute atomic E-state index is 0.129. The lowest BCUT2D eigenvalue weighted by atomic mass is 9.80. The van der Waals surface area contributed by atoms with Crippen molar-refractivity contribution in [2.45, 2.75) is 66.5 Å². The van der Waals surface area contributed by atoms with Crippen LogP contribution < -0.4 is 0 Å². The van der Waals surface area contributed by atoms with Gasteiger partial charge in [-0.3, -0.25) is 0 Å². The quantitative estimate of drug-likeness (QED) is 0.396. The lowest BCUT2D eigenvalue weighted by molar-refractivity contribution is -0.0972. The maximum atomic E-state index is 5.63. The van der Waals surface area contributed by atoms with E-state index in [1.54, 1.807) is 0 Å². The van der Waals surface area contributed by atoms with Crippen LogP contribution in [0.1, 0.15) is 65.2 Å². The summed E-state index contributed by atoms with van der Waals surface area (Å²) in [5.74, 6) is 13.0. The van der Waals surface area contributed by atoms with Gasteiger partial charge in [0.25, 0.3) is 0 Å². The number of hydrogen-bond acceptors (Lipinski definition) is 4. The topological polar surface area (TPSA) is 36.9 Å². The van der Waals surface area contributed by atoms with Gasteiger partial charge in [0.2, 0.25) is 12.6 Å². The van der Waals surface area contributed by atoms with Crippen molar-refractivity contribution in [3.63, 3.8) is 0 Å². The van der Waals surface area contributed by atoms with Crippen LogP contribution in [0.25, 0.3) is 10.8 Å². The molecule has 0 heterocycles. The van der Waals surface area contributed by atoms with Crippen LogP contribution in [0.4, 0.5) is 0 Å². The summed E-state index contributed by atoms with van der Waals surface area (Å²) in [5, 5.41) is 2.11. The third kappa shape index (κ3) is 7.09. The van der Waals surface area contributed by atoms with Crippen LogP contribution in [-0.4, -0.2) is 39.0 Å². The van der Waals surface area contributed by atoms with Crippen LogP contribution in [0.5, 0.6) is 0 Å². The maximum Gasteiger partial charge on any atom is 0.222 e. The van der Waals surface area contributed by atoms with Crippen molar-refractivity contribution in [3.8, 4) is 23.7 Å². The number of benzene rings is 2. The lowest BCUT2D eigenvalue weighted by Crippen LogP contribution is -2.16. The molecule has 0 spiro atoms. The normalized spacial score (nSPS) is 11.4. The Morgan fingerprint density at radius 1 is 0.719 bits per heavy atom. The van der Waals surface area contributed by atoms with E-state index in [1.807, 2.05) is 39.8 Å². The highest BCUT2D eigenvalue weighted by atomic mass is 16.7. The number of ether oxygens (including phenoxy) is 4. The molecule has 0 radical (unpaired) electrons. The first-order valence-corrected chi connectivity index (χ1v) is 11.4. The van der Waals surface area contributed by atoms with Crippen LogP contribution in [0.2, 0.25) is 0 Å². The second kappa shape index (κ2) is 12.6. The minimum Gasteiger partial charge on any atom is -0.342 e. The molecule has 4 heteroatoms. The van der Waals surface area contributed by atoms with Crippen LogP contribution in [-0.2, 0) is 24.4 Å². The summed E-state index contributed by atoms with van der Waals surface area (Å²) in [6.07, 6.45) is -1.09. The van der Waals surface area contributed by atoms with E-state index >= 15 is 0 Å². The van der Waals surface area contributed by atoms with Gasteiger partial charge in [-0.05, 0) is 67.4 Å². The molecule has 0 saturated heterocycles. The Balaban J connectivity index is 2.69. The van der Waals surface area contributed by atoms with E-state index in [4.69, 9.17) is 18.9 Å². The predicted octanol–water partition coefficient (Wildman–Crippen LogP) is 5.64. The Bertz CT molecular complexity index is 983. The summed E-state index contributed by atoms with van der Waals surface area (Å²) >= 11 is 0. The molecule has 0 N–H and O–H groups in total. The molecule has 2 aromatic rings. The van der Waals surface area contributed by atoms with E-state index < -0.39 is 12.6 Å². The molecule has 0 unspecified atom stereocenters. The monoisotopic (exact) mass is 436 g/mol. The zero-order valence-corrected chi connectivity index (χ0v) is 20.5. The van der Waals surface area contributed by atoms with Crippen LogP contribution in [0.15, 0.2) is 30.3 Å². The SMILES string of the molecule is CCOC(C#Cc1cc(C(C)(C)C)c(C#CC(OCC)OCC)c2ccccc12)OCC. The second-order valence-corrected chi connectivity index (χ2v) is 8.17. The Morgan fingerprint density at radius 3 is 1.66 bits per heavy atom. The fourth-order valence-electron chi connectivity index (χ4n) is 3.34. The van der Waals surface area contributed by atoms with E-state index in [-0.39, 0.29) is 5.41 Å². The highest BCUT2D eigenvalue weighted by Gasteiger charge is 2.21. The molecule has 2 aromatic carbocycles. The summed E-state index contributed by atoms with van der Waals surface area (Å²) in [4.78, 5) is 0.